The van der Waals surface area contributed by atoms with Crippen molar-refractivity contribution in [2.24, 2.45) is 0 Å². The van der Waals surface area contributed by atoms with Gasteiger partial charge in [-0.15, -0.1) is 56.7 Å². The first kappa shape index (κ1) is 112. The summed E-state index contributed by atoms with van der Waals surface area (Å²) in [6, 6.07) is 28.1. The van der Waals surface area contributed by atoms with E-state index in [4.69, 9.17) is 28.4 Å². The number of rotatable bonds is 86. The quantitative estimate of drug-likeness (QED) is 0.0269. The van der Waals surface area contributed by atoms with Crippen LogP contribution in [0.15, 0.2) is 84.9 Å². The molecule has 0 spiro atoms. The van der Waals surface area contributed by atoms with E-state index >= 15 is 0 Å². The second-order valence-electron chi connectivity index (χ2n) is 36.6. The fourth-order valence-corrected chi connectivity index (χ4v) is 22.0. The van der Waals surface area contributed by atoms with E-state index in [9.17, 15) is 19.2 Å². The lowest BCUT2D eigenvalue weighted by molar-refractivity contribution is 0.0929. The highest BCUT2D eigenvalue weighted by Crippen LogP contribution is 2.46. The predicted octanol–water partition coefficient (Wildman–Crippen LogP) is 34.8. The molecule has 0 fully saturated rings. The van der Waals surface area contributed by atoms with E-state index < -0.39 is 0 Å². The van der Waals surface area contributed by atoms with Gasteiger partial charge < -0.3 is 49.7 Å². The molecule has 0 aliphatic heterocycles. The molecule has 4 amide bonds. The summed E-state index contributed by atoms with van der Waals surface area (Å²) in [5.41, 5.74) is 0.897. The number of ether oxygens (including phenoxy) is 6. The molecule has 0 bridgehead atoms. The minimum absolute atomic E-state index is 0.179. The van der Waals surface area contributed by atoms with Crippen LogP contribution in [0.5, 0.6) is 34.5 Å². The number of carbonyl (C=O) groups excluding carboxylic acids is 4. The largest absolute Gasteiger partial charge is 0.490 e. The summed E-state index contributed by atoms with van der Waals surface area (Å²) in [4.78, 5) is 65.9. The first-order valence-corrected chi connectivity index (χ1v) is 57.4. The average Bonchev–Trinajstić information content (AvgIpc) is 1.68. The third-order valence-corrected chi connectivity index (χ3v) is 31.1. The van der Waals surface area contributed by atoms with Gasteiger partial charge in [-0.1, -0.05) is 388 Å². The number of hydrogen-bond donors (Lipinski definition) is 4. The van der Waals surface area contributed by atoms with Gasteiger partial charge in [0.05, 0.1) is 49.4 Å². The fraction of sp³-hybridized carbons (Fsp3) is 0.679. The molecular weight excluding hydrogens is 1720 g/mol. The zero-order chi connectivity index (χ0) is 92.7. The van der Waals surface area contributed by atoms with Crippen LogP contribution < -0.4 is 49.7 Å². The molecule has 0 aliphatic rings. The van der Waals surface area contributed by atoms with Crippen molar-refractivity contribution < 1.29 is 47.6 Å². The van der Waals surface area contributed by atoms with Gasteiger partial charge in [-0.25, -0.2) is 0 Å². The monoisotopic (exact) mass is 1900 g/mol. The van der Waals surface area contributed by atoms with Crippen LogP contribution in [0.2, 0.25) is 0 Å². The van der Waals surface area contributed by atoms with Gasteiger partial charge in [-0.3, -0.25) is 19.2 Å². The summed E-state index contributed by atoms with van der Waals surface area (Å²) in [6.07, 6.45) is 74.3. The molecule has 0 atom stereocenters. The Kier molecular flexibility index (Phi) is 62.9. The lowest BCUT2D eigenvalue weighted by atomic mass is 10.1. The molecule has 19 heteroatoms. The van der Waals surface area contributed by atoms with Crippen molar-refractivity contribution in [2.75, 3.05) is 65.8 Å². The number of carbonyl (C=O) groups is 4. The minimum Gasteiger partial charge on any atom is -0.490 e. The summed E-state index contributed by atoms with van der Waals surface area (Å²) in [6.45, 7) is 17.9. The summed E-state index contributed by atoms with van der Waals surface area (Å²) >= 11 is 8.12. The van der Waals surface area contributed by atoms with Gasteiger partial charge >= 0.3 is 0 Å². The van der Waals surface area contributed by atoms with Crippen molar-refractivity contribution in [1.29, 1.82) is 0 Å². The van der Waals surface area contributed by atoms with Gasteiger partial charge in [-0.05, 0) is 123 Å². The van der Waals surface area contributed by atoms with Crippen LogP contribution in [0, 0.1) is 0 Å². The van der Waals surface area contributed by atoms with Crippen molar-refractivity contribution in [2.45, 2.75) is 427 Å². The molecular formula is C112H176N4O10S5. The maximum absolute atomic E-state index is 14.2. The number of hydrogen-bond acceptors (Lipinski definition) is 15. The first-order chi connectivity index (χ1) is 64.6. The highest BCUT2D eigenvalue weighted by atomic mass is 32.1. The van der Waals surface area contributed by atoms with Crippen LogP contribution in [0.25, 0.3) is 39.0 Å². The molecule has 5 aromatic heterocycles. The van der Waals surface area contributed by atoms with E-state index in [1.165, 1.54) is 341 Å². The Bertz CT molecular complexity index is 3710. The van der Waals surface area contributed by atoms with E-state index in [-0.39, 0.29) is 49.8 Å². The smallest absolute Gasteiger partial charge is 0.261 e. The molecule has 0 saturated carbocycles. The summed E-state index contributed by atoms with van der Waals surface area (Å²) in [5, 5.41) is 12.3. The third kappa shape index (κ3) is 48.3. The van der Waals surface area contributed by atoms with E-state index in [0.717, 1.165) is 106 Å². The van der Waals surface area contributed by atoms with E-state index in [0.29, 0.717) is 95.0 Å². The number of nitrogens with one attached hydrogen (secondary N) is 4. The molecule has 734 valence electrons. The Labute approximate surface area is 815 Å². The number of unbranched alkanes of at least 4 members (excludes halogenated alkanes) is 54. The Hall–Kier alpha value is -6.38. The normalized spacial score (nSPS) is 11.4. The lowest BCUT2D eigenvalue weighted by Gasteiger charge is -2.19. The number of amides is 4. The van der Waals surface area contributed by atoms with Crippen molar-refractivity contribution in [1.82, 2.24) is 21.3 Å². The van der Waals surface area contributed by atoms with E-state index in [1.54, 1.807) is 34.0 Å². The summed E-state index contributed by atoms with van der Waals surface area (Å²) < 4.78 is 39.7. The van der Waals surface area contributed by atoms with Crippen LogP contribution in [0.1, 0.15) is 467 Å². The van der Waals surface area contributed by atoms with Gasteiger partial charge in [-0.2, -0.15) is 0 Å². The second kappa shape index (κ2) is 73.9. The van der Waals surface area contributed by atoms with Gasteiger partial charge in [0.15, 0.2) is 23.0 Å². The van der Waals surface area contributed by atoms with Crippen LogP contribution >= 0.6 is 56.7 Å². The molecule has 7 aromatic rings. The fourth-order valence-electron chi connectivity index (χ4n) is 16.8. The third-order valence-electron chi connectivity index (χ3n) is 24.9. The van der Waals surface area contributed by atoms with Gasteiger partial charge in [0, 0.05) is 76.3 Å². The molecule has 0 radical (unpaired) electrons. The Morgan fingerprint density at radius 3 is 0.557 bits per heavy atom. The number of thiophene rings is 5. The van der Waals surface area contributed by atoms with E-state index in [1.807, 2.05) is 48.5 Å². The van der Waals surface area contributed by atoms with Gasteiger partial charge in [0.1, 0.15) is 0 Å². The van der Waals surface area contributed by atoms with Gasteiger partial charge in [0.2, 0.25) is 11.5 Å². The average molecular weight is 1900 g/mol. The van der Waals surface area contributed by atoms with Crippen LogP contribution in [-0.4, -0.2) is 89.4 Å². The van der Waals surface area contributed by atoms with Gasteiger partial charge in [0.25, 0.3) is 23.6 Å². The number of benzene rings is 2. The van der Waals surface area contributed by atoms with Crippen molar-refractivity contribution in [3.05, 3.63) is 106 Å². The molecule has 2 aromatic carbocycles. The molecule has 0 saturated heterocycles. The minimum atomic E-state index is -0.256. The summed E-state index contributed by atoms with van der Waals surface area (Å²) in [7, 11) is 0. The van der Waals surface area contributed by atoms with Crippen LogP contribution in [-0.2, 0) is 0 Å². The maximum atomic E-state index is 14.2. The lowest BCUT2D eigenvalue weighted by Crippen LogP contribution is -2.34. The zero-order valence-electron chi connectivity index (χ0n) is 82.7. The topological polar surface area (TPSA) is 172 Å². The summed E-state index contributed by atoms with van der Waals surface area (Å²) in [5.74, 6) is 2.55. The highest BCUT2D eigenvalue weighted by molar-refractivity contribution is 7.30. The zero-order valence-corrected chi connectivity index (χ0v) is 86.8. The van der Waals surface area contributed by atoms with Crippen LogP contribution in [0.4, 0.5) is 0 Å². The van der Waals surface area contributed by atoms with Crippen molar-refractivity contribution in [3.63, 3.8) is 0 Å². The standard InChI is InChI=1S/C112H176N4O10S5/c1-7-13-19-25-31-37-43-49-55-61-81-121-93-87-91(88-94(122-82-62-56-50-44-38-32-26-20-14-8-2)107(93)125-85-65-59-53-47-41-35-29-23-17-11-5)109(117)113-77-79-115-111(119)105-75-73-103(130-105)101-71-69-99(128-101)97-67-68-98(127-97)100-70-72-102(129-100)104-74-76-106(131-104)112(120)116-80-78-114-110(118)92-89-95(123-83-63-57-51-45-39-33-27-21-15-9-3)108(126-86-66-60-54-48-42-36-30-24-18-12-6)96(90-92)124-84-64-58-52-46-40-34-28-22-16-10-4/h67-76,87-90H,7-66,77-86H2,1-6H3,(H,113,117)(H,114,118)(H,115,119)(H,116,120). The molecule has 14 nitrogen and oxygen atoms in total. The Morgan fingerprint density at radius 1 is 0.198 bits per heavy atom. The predicted molar refractivity (Wildman–Crippen MR) is 564 cm³/mol. The molecule has 4 N–H and O–H groups in total. The Morgan fingerprint density at radius 2 is 0.359 bits per heavy atom. The molecule has 7 rings (SSSR count). The SMILES string of the molecule is CCCCCCCCCCCCOc1cc(C(=O)NCCNC(=O)c2ccc(-c3ccc(-c4ccc(-c5ccc(-c6ccc(C(=O)NCCNC(=O)c7cc(OCCCCCCCCCCCC)c(OCCCCCCCCCCCC)c(OCCCCCCCCCCCC)c7)s6)s5)s4)s3)s2)cc(OCCCCCCCCCCCC)c1OCCCCCCCCCCCC. The molecule has 0 unspecified atom stereocenters. The van der Waals surface area contributed by atoms with E-state index in [2.05, 4.69) is 99.2 Å². The maximum Gasteiger partial charge on any atom is 0.261 e. The molecule has 0 aliphatic carbocycles. The second-order valence-corrected chi connectivity index (χ2v) is 42.0. The first-order valence-electron chi connectivity index (χ1n) is 53.3. The Balaban J connectivity index is 0.907. The molecule has 131 heavy (non-hydrogen) atoms. The highest BCUT2D eigenvalue weighted by Gasteiger charge is 2.24. The van der Waals surface area contributed by atoms with Crippen LogP contribution in [0.3, 0.4) is 0 Å². The van der Waals surface area contributed by atoms with Crippen molar-refractivity contribution in [3.8, 4) is 73.5 Å². The molecule has 5 heterocycles. The van der Waals surface area contributed by atoms with Crippen molar-refractivity contribution >= 4 is 80.3 Å².